The summed E-state index contributed by atoms with van der Waals surface area (Å²) in [5.74, 6) is 0.718. The number of carbonyl (C=O) groups is 1. The SMILES string of the molecule is COC(=O)c1cccc2c1N[C@@H](c1cc(Br)ccc1OC)[C@H]1CCCO[C@@H]21. The highest BCUT2D eigenvalue weighted by molar-refractivity contribution is 9.10. The van der Waals surface area contributed by atoms with Crippen molar-refractivity contribution in [3.05, 3.63) is 57.6 Å². The van der Waals surface area contributed by atoms with Crippen LogP contribution in [-0.2, 0) is 9.47 Å². The fraction of sp³-hybridized carbons (Fsp3) is 0.381. The summed E-state index contributed by atoms with van der Waals surface area (Å²) in [4.78, 5) is 12.3. The lowest BCUT2D eigenvalue weighted by Gasteiger charge is -2.44. The Labute approximate surface area is 167 Å². The number of rotatable bonds is 3. The van der Waals surface area contributed by atoms with Gasteiger partial charge in [-0.05, 0) is 37.1 Å². The van der Waals surface area contributed by atoms with Crippen LogP contribution in [0.1, 0.15) is 46.5 Å². The van der Waals surface area contributed by atoms with Gasteiger partial charge in [0.1, 0.15) is 5.75 Å². The van der Waals surface area contributed by atoms with Gasteiger partial charge < -0.3 is 19.5 Å². The van der Waals surface area contributed by atoms with Crippen molar-refractivity contribution in [1.82, 2.24) is 0 Å². The Morgan fingerprint density at radius 3 is 2.85 bits per heavy atom. The largest absolute Gasteiger partial charge is 0.496 e. The quantitative estimate of drug-likeness (QED) is 0.701. The molecule has 2 aromatic rings. The molecule has 6 heteroatoms. The number of esters is 1. The second-order valence-electron chi connectivity index (χ2n) is 6.87. The molecule has 0 aliphatic carbocycles. The topological polar surface area (TPSA) is 56.8 Å². The normalized spacial score (nSPS) is 23.6. The minimum atomic E-state index is -0.353. The molecule has 2 heterocycles. The highest BCUT2D eigenvalue weighted by atomic mass is 79.9. The molecule has 2 aliphatic heterocycles. The van der Waals surface area contributed by atoms with Crippen LogP contribution in [0.3, 0.4) is 0 Å². The second kappa shape index (κ2) is 7.52. The number of methoxy groups -OCH3 is 2. The third-order valence-corrected chi connectivity index (χ3v) is 5.92. The maximum absolute atomic E-state index is 12.3. The molecule has 0 aromatic heterocycles. The lowest BCUT2D eigenvalue weighted by Crippen LogP contribution is -2.37. The van der Waals surface area contributed by atoms with E-state index in [0.29, 0.717) is 5.56 Å². The fourth-order valence-electron chi connectivity index (χ4n) is 4.23. The Morgan fingerprint density at radius 1 is 1.22 bits per heavy atom. The van der Waals surface area contributed by atoms with Crippen molar-refractivity contribution < 1.29 is 19.0 Å². The molecule has 0 spiro atoms. The second-order valence-corrected chi connectivity index (χ2v) is 7.78. The summed E-state index contributed by atoms with van der Waals surface area (Å²) in [7, 11) is 3.08. The molecule has 5 nitrogen and oxygen atoms in total. The van der Waals surface area contributed by atoms with Crippen LogP contribution in [0.5, 0.6) is 5.75 Å². The number of hydrogen-bond acceptors (Lipinski definition) is 5. The fourth-order valence-corrected chi connectivity index (χ4v) is 4.61. The van der Waals surface area contributed by atoms with Gasteiger partial charge in [0.2, 0.25) is 0 Å². The molecule has 3 atom stereocenters. The average molecular weight is 432 g/mol. The highest BCUT2D eigenvalue weighted by Crippen LogP contribution is 2.51. The van der Waals surface area contributed by atoms with Gasteiger partial charge in [0.05, 0.1) is 37.6 Å². The number of hydrogen-bond donors (Lipinski definition) is 1. The van der Waals surface area contributed by atoms with Crippen LogP contribution in [0.15, 0.2) is 40.9 Å². The van der Waals surface area contributed by atoms with Crippen molar-refractivity contribution in [1.29, 1.82) is 0 Å². The van der Waals surface area contributed by atoms with Gasteiger partial charge in [-0.25, -0.2) is 4.79 Å². The molecular weight excluding hydrogens is 410 g/mol. The zero-order valence-corrected chi connectivity index (χ0v) is 16.9. The number of fused-ring (bicyclic) bond motifs is 3. The van der Waals surface area contributed by atoms with Crippen LogP contribution in [0.2, 0.25) is 0 Å². The van der Waals surface area contributed by atoms with E-state index in [0.717, 1.165) is 46.5 Å². The van der Waals surface area contributed by atoms with Crippen LogP contribution < -0.4 is 10.1 Å². The monoisotopic (exact) mass is 431 g/mol. The molecule has 1 N–H and O–H groups in total. The van der Waals surface area contributed by atoms with Crippen molar-refractivity contribution in [3.8, 4) is 5.75 Å². The van der Waals surface area contributed by atoms with E-state index in [2.05, 4.69) is 27.3 Å². The Hall–Kier alpha value is -2.05. The first kappa shape index (κ1) is 18.3. The number of benzene rings is 2. The van der Waals surface area contributed by atoms with E-state index in [1.165, 1.54) is 7.11 Å². The smallest absolute Gasteiger partial charge is 0.339 e. The van der Waals surface area contributed by atoms with Crippen LogP contribution in [0, 0.1) is 5.92 Å². The first-order valence-electron chi connectivity index (χ1n) is 9.07. The van der Waals surface area contributed by atoms with Crippen LogP contribution in [-0.4, -0.2) is 26.8 Å². The van der Waals surface area contributed by atoms with E-state index >= 15 is 0 Å². The summed E-state index contributed by atoms with van der Waals surface area (Å²) in [6.07, 6.45) is 2.00. The lowest BCUT2D eigenvalue weighted by atomic mass is 9.76. The van der Waals surface area contributed by atoms with Gasteiger partial charge in [-0.3, -0.25) is 0 Å². The minimum absolute atomic E-state index is 0.0268. The zero-order valence-electron chi connectivity index (χ0n) is 15.3. The molecule has 0 saturated carbocycles. The predicted octanol–water partition coefficient (Wildman–Crippen LogP) is 4.88. The summed E-state index contributed by atoms with van der Waals surface area (Å²) >= 11 is 3.57. The van der Waals surface area contributed by atoms with Gasteiger partial charge >= 0.3 is 5.97 Å². The number of halogens is 1. The van der Waals surface area contributed by atoms with Gasteiger partial charge in [0.15, 0.2) is 0 Å². The molecule has 1 saturated heterocycles. The molecule has 4 rings (SSSR count). The number of para-hydroxylation sites is 1. The standard InChI is InChI=1S/C21H22BrNO4/c1-25-17-9-8-12(22)11-16(17)19-14-7-4-10-27-20(14)13-5-3-6-15(18(13)23-19)21(24)26-2/h3,5-6,8-9,11,14,19-20,23H,4,7,10H2,1-2H3/t14-,19-,20+/m1/s1. The van der Waals surface area contributed by atoms with E-state index in [9.17, 15) is 4.79 Å². The zero-order chi connectivity index (χ0) is 19.0. The maximum atomic E-state index is 12.3. The number of nitrogens with one attached hydrogen (secondary N) is 1. The van der Waals surface area contributed by atoms with Crippen molar-refractivity contribution in [2.45, 2.75) is 25.0 Å². The Kier molecular flexibility index (Phi) is 5.10. The molecule has 0 radical (unpaired) electrons. The van der Waals surface area contributed by atoms with Crippen molar-refractivity contribution in [3.63, 3.8) is 0 Å². The van der Waals surface area contributed by atoms with E-state index < -0.39 is 0 Å². The Bertz CT molecular complexity index is 869. The summed E-state index contributed by atoms with van der Waals surface area (Å²) in [5, 5.41) is 3.62. The van der Waals surface area contributed by atoms with Crippen LogP contribution in [0.4, 0.5) is 5.69 Å². The first-order chi connectivity index (χ1) is 13.1. The summed E-state index contributed by atoms with van der Waals surface area (Å²) < 4.78 is 17.8. The first-order valence-corrected chi connectivity index (χ1v) is 9.86. The number of carbonyl (C=O) groups excluding carboxylic acids is 1. The summed E-state index contributed by atoms with van der Waals surface area (Å²) in [5.41, 5.74) is 3.40. The molecule has 1 fully saturated rings. The van der Waals surface area contributed by atoms with Gasteiger partial charge in [-0.1, -0.05) is 28.1 Å². The molecule has 0 amide bonds. The van der Waals surface area contributed by atoms with Gasteiger partial charge in [-0.2, -0.15) is 0 Å². The molecule has 27 heavy (non-hydrogen) atoms. The predicted molar refractivity (Wildman–Crippen MR) is 106 cm³/mol. The van der Waals surface area contributed by atoms with Crippen LogP contribution >= 0.6 is 15.9 Å². The van der Waals surface area contributed by atoms with E-state index in [-0.39, 0.29) is 24.0 Å². The molecule has 142 valence electrons. The van der Waals surface area contributed by atoms with Gasteiger partial charge in [0.25, 0.3) is 0 Å². The minimum Gasteiger partial charge on any atom is -0.496 e. The maximum Gasteiger partial charge on any atom is 0.339 e. The van der Waals surface area contributed by atoms with Crippen molar-refractivity contribution in [2.24, 2.45) is 5.92 Å². The van der Waals surface area contributed by atoms with E-state index in [1.807, 2.05) is 24.3 Å². The highest BCUT2D eigenvalue weighted by Gasteiger charge is 2.42. The molecule has 2 aromatic carbocycles. The van der Waals surface area contributed by atoms with Crippen molar-refractivity contribution in [2.75, 3.05) is 26.1 Å². The van der Waals surface area contributed by atoms with Gasteiger partial charge in [-0.15, -0.1) is 0 Å². The number of anilines is 1. The third kappa shape index (κ3) is 3.21. The Morgan fingerprint density at radius 2 is 2.07 bits per heavy atom. The van der Waals surface area contributed by atoms with Gasteiger partial charge in [0, 0.05) is 28.1 Å². The van der Waals surface area contributed by atoms with E-state index in [4.69, 9.17) is 14.2 Å². The lowest BCUT2D eigenvalue weighted by molar-refractivity contribution is -0.0383. The molecule has 0 bridgehead atoms. The molecule has 0 unspecified atom stereocenters. The summed E-state index contributed by atoms with van der Waals surface area (Å²) in [6.45, 7) is 0.728. The third-order valence-electron chi connectivity index (χ3n) is 5.43. The number of ether oxygens (including phenoxy) is 3. The Balaban J connectivity index is 1.86. The molecule has 2 aliphatic rings. The molecular formula is C21H22BrNO4. The van der Waals surface area contributed by atoms with Crippen LogP contribution in [0.25, 0.3) is 0 Å². The van der Waals surface area contributed by atoms with Crippen molar-refractivity contribution >= 4 is 27.6 Å². The van der Waals surface area contributed by atoms with E-state index in [1.54, 1.807) is 13.2 Å². The average Bonchev–Trinajstić information content (AvgIpc) is 2.72. The summed E-state index contributed by atoms with van der Waals surface area (Å²) in [6, 6.07) is 11.7.